The van der Waals surface area contributed by atoms with E-state index >= 15 is 0 Å². The molecular formula is C18H18BrF3N2O4. The fourth-order valence-electron chi connectivity index (χ4n) is 2.34. The molecule has 28 heavy (non-hydrogen) atoms. The van der Waals surface area contributed by atoms with Crippen molar-refractivity contribution in [2.45, 2.75) is 25.7 Å². The SMILES string of the molecule is CCN(Cc1cc(Br)ccc1OCC(O)C(F)(F)F)c1ccc(C(=O)O)cn1. The number of pyridine rings is 1. The van der Waals surface area contributed by atoms with Crippen molar-refractivity contribution in [2.24, 2.45) is 0 Å². The molecule has 2 aromatic rings. The van der Waals surface area contributed by atoms with Crippen LogP contribution in [0.2, 0.25) is 0 Å². The van der Waals surface area contributed by atoms with Gasteiger partial charge in [-0.1, -0.05) is 15.9 Å². The number of aliphatic hydroxyl groups is 1. The number of carboxylic acids is 1. The first-order valence-electron chi connectivity index (χ1n) is 8.22. The first-order chi connectivity index (χ1) is 13.1. The van der Waals surface area contributed by atoms with Gasteiger partial charge in [-0.25, -0.2) is 9.78 Å². The summed E-state index contributed by atoms with van der Waals surface area (Å²) in [5.41, 5.74) is 0.627. The molecule has 0 aliphatic rings. The number of ether oxygens (including phenoxy) is 1. The largest absolute Gasteiger partial charge is 0.490 e. The average molecular weight is 463 g/mol. The fourth-order valence-corrected chi connectivity index (χ4v) is 2.74. The van der Waals surface area contributed by atoms with E-state index in [4.69, 9.17) is 14.9 Å². The van der Waals surface area contributed by atoms with E-state index < -0.39 is 24.9 Å². The van der Waals surface area contributed by atoms with E-state index in [0.717, 1.165) is 0 Å². The number of hydrogen-bond donors (Lipinski definition) is 2. The molecule has 6 nitrogen and oxygen atoms in total. The minimum atomic E-state index is -4.76. The van der Waals surface area contributed by atoms with Gasteiger partial charge in [-0.15, -0.1) is 0 Å². The first-order valence-corrected chi connectivity index (χ1v) is 9.01. The maximum Gasteiger partial charge on any atom is 0.417 e. The highest BCUT2D eigenvalue weighted by atomic mass is 79.9. The predicted molar refractivity (Wildman–Crippen MR) is 99.6 cm³/mol. The van der Waals surface area contributed by atoms with E-state index in [2.05, 4.69) is 20.9 Å². The molecule has 1 atom stereocenters. The number of anilines is 1. The monoisotopic (exact) mass is 462 g/mol. The van der Waals surface area contributed by atoms with Crippen molar-refractivity contribution < 1.29 is 32.9 Å². The Kier molecular flexibility index (Phi) is 7.25. The van der Waals surface area contributed by atoms with Crippen molar-refractivity contribution in [3.8, 4) is 5.75 Å². The number of carbonyl (C=O) groups is 1. The number of nitrogens with zero attached hydrogens (tertiary/aromatic N) is 2. The number of rotatable bonds is 8. The lowest BCUT2D eigenvalue weighted by atomic mass is 10.1. The Labute approximate surface area is 167 Å². The maximum atomic E-state index is 12.5. The van der Waals surface area contributed by atoms with E-state index in [1.165, 1.54) is 18.3 Å². The zero-order valence-electron chi connectivity index (χ0n) is 14.8. The second kappa shape index (κ2) is 9.24. The Bertz CT molecular complexity index is 815. The summed E-state index contributed by atoms with van der Waals surface area (Å²) in [5, 5.41) is 18.1. The number of hydrogen-bond acceptors (Lipinski definition) is 5. The third-order valence-corrected chi connectivity index (χ3v) is 4.35. The molecule has 0 amide bonds. The van der Waals surface area contributed by atoms with Crippen molar-refractivity contribution in [1.29, 1.82) is 0 Å². The zero-order valence-corrected chi connectivity index (χ0v) is 16.4. The Morgan fingerprint density at radius 1 is 1.32 bits per heavy atom. The number of aromatic carboxylic acids is 1. The number of halogens is 4. The smallest absolute Gasteiger partial charge is 0.417 e. The quantitative estimate of drug-likeness (QED) is 0.619. The molecule has 10 heteroatoms. The molecule has 2 rings (SSSR count). The summed E-state index contributed by atoms with van der Waals surface area (Å²) >= 11 is 3.32. The predicted octanol–water partition coefficient (Wildman–Crippen LogP) is 3.87. The molecule has 2 N–H and O–H groups in total. The van der Waals surface area contributed by atoms with E-state index in [-0.39, 0.29) is 17.9 Å². The Morgan fingerprint density at radius 2 is 2.04 bits per heavy atom. The molecule has 0 bridgehead atoms. The van der Waals surface area contributed by atoms with E-state index in [0.29, 0.717) is 22.4 Å². The van der Waals surface area contributed by atoms with Crippen LogP contribution in [0.15, 0.2) is 41.0 Å². The van der Waals surface area contributed by atoms with Gasteiger partial charge >= 0.3 is 12.1 Å². The molecule has 0 spiro atoms. The third kappa shape index (κ3) is 5.83. The van der Waals surface area contributed by atoms with Gasteiger partial charge in [0.25, 0.3) is 0 Å². The second-order valence-corrected chi connectivity index (χ2v) is 6.76. The van der Waals surface area contributed by atoms with E-state index in [9.17, 15) is 18.0 Å². The number of aliphatic hydroxyl groups excluding tert-OH is 1. The van der Waals surface area contributed by atoms with Gasteiger partial charge in [0, 0.05) is 29.3 Å². The van der Waals surface area contributed by atoms with Crippen LogP contribution < -0.4 is 9.64 Å². The normalized spacial score (nSPS) is 12.5. The second-order valence-electron chi connectivity index (χ2n) is 5.84. The van der Waals surface area contributed by atoms with Gasteiger partial charge in [0.05, 0.1) is 5.56 Å². The first kappa shape index (κ1) is 22.0. The van der Waals surface area contributed by atoms with Gasteiger partial charge in [0.15, 0.2) is 6.10 Å². The summed E-state index contributed by atoms with van der Waals surface area (Å²) in [6.07, 6.45) is -6.12. The number of benzene rings is 1. The van der Waals surface area contributed by atoms with Crippen LogP contribution in [-0.4, -0.2) is 46.6 Å². The molecule has 1 heterocycles. The molecule has 152 valence electrons. The zero-order chi connectivity index (χ0) is 20.9. The highest BCUT2D eigenvalue weighted by molar-refractivity contribution is 9.10. The van der Waals surface area contributed by atoms with Gasteiger partial charge in [-0.05, 0) is 37.3 Å². The van der Waals surface area contributed by atoms with Crippen LogP contribution in [0, 0.1) is 0 Å². The highest BCUT2D eigenvalue weighted by Gasteiger charge is 2.38. The summed E-state index contributed by atoms with van der Waals surface area (Å²) in [7, 11) is 0. The number of alkyl halides is 3. The van der Waals surface area contributed by atoms with Crippen LogP contribution in [0.3, 0.4) is 0 Å². The van der Waals surface area contributed by atoms with E-state index in [1.54, 1.807) is 23.1 Å². The minimum Gasteiger partial charge on any atom is -0.490 e. The molecule has 0 radical (unpaired) electrons. The third-order valence-electron chi connectivity index (χ3n) is 3.86. The van der Waals surface area contributed by atoms with Crippen molar-refractivity contribution >= 4 is 27.7 Å². The van der Waals surface area contributed by atoms with Gasteiger partial charge in [-0.3, -0.25) is 0 Å². The Morgan fingerprint density at radius 3 is 2.57 bits per heavy atom. The van der Waals surface area contributed by atoms with Crippen molar-refractivity contribution in [3.05, 3.63) is 52.1 Å². The van der Waals surface area contributed by atoms with Gasteiger partial charge in [0.2, 0.25) is 0 Å². The molecule has 1 aromatic heterocycles. The molecule has 0 saturated heterocycles. The van der Waals surface area contributed by atoms with Gasteiger partial charge in [-0.2, -0.15) is 13.2 Å². The van der Waals surface area contributed by atoms with Gasteiger partial charge < -0.3 is 19.8 Å². The van der Waals surface area contributed by atoms with Crippen molar-refractivity contribution in [3.63, 3.8) is 0 Å². The lowest BCUT2D eigenvalue weighted by Crippen LogP contribution is -2.34. The number of carboxylic acid groups (broad SMARTS) is 1. The summed E-state index contributed by atoms with van der Waals surface area (Å²) in [5.74, 6) is -0.381. The molecular weight excluding hydrogens is 445 g/mol. The molecule has 0 aliphatic heterocycles. The van der Waals surface area contributed by atoms with Crippen LogP contribution in [0.1, 0.15) is 22.8 Å². The molecule has 1 aromatic carbocycles. The van der Waals surface area contributed by atoms with Crippen molar-refractivity contribution in [1.82, 2.24) is 4.98 Å². The summed E-state index contributed by atoms with van der Waals surface area (Å²) in [6.45, 7) is 1.71. The standard InChI is InChI=1S/C18H18BrF3N2O4/c1-2-24(16-6-3-11(8-23-16)17(26)27)9-12-7-13(19)4-5-14(12)28-10-15(25)18(20,21)22/h3-8,15,25H,2,9-10H2,1H3,(H,26,27). The van der Waals surface area contributed by atoms with Crippen LogP contribution in [0.5, 0.6) is 5.75 Å². The van der Waals surface area contributed by atoms with Gasteiger partial charge in [0.1, 0.15) is 18.2 Å². The molecule has 0 fully saturated rings. The summed E-state index contributed by atoms with van der Waals surface area (Å²) < 4.78 is 43.4. The molecule has 1 unspecified atom stereocenters. The Balaban J connectivity index is 2.20. The lowest BCUT2D eigenvalue weighted by molar-refractivity contribution is -0.210. The van der Waals surface area contributed by atoms with Crippen LogP contribution in [-0.2, 0) is 6.54 Å². The van der Waals surface area contributed by atoms with E-state index in [1.807, 2.05) is 6.92 Å². The average Bonchev–Trinajstić information content (AvgIpc) is 2.64. The minimum absolute atomic E-state index is 0.0485. The summed E-state index contributed by atoms with van der Waals surface area (Å²) in [6, 6.07) is 7.81. The van der Waals surface area contributed by atoms with Crippen molar-refractivity contribution in [2.75, 3.05) is 18.1 Å². The lowest BCUT2D eigenvalue weighted by Gasteiger charge is -2.24. The van der Waals surface area contributed by atoms with Crippen LogP contribution >= 0.6 is 15.9 Å². The maximum absolute atomic E-state index is 12.5. The topological polar surface area (TPSA) is 82.9 Å². The van der Waals surface area contributed by atoms with Crippen LogP contribution in [0.25, 0.3) is 0 Å². The fraction of sp³-hybridized carbons (Fsp3) is 0.333. The molecule has 0 aliphatic carbocycles. The Hall–Kier alpha value is -2.33. The molecule has 0 saturated carbocycles. The summed E-state index contributed by atoms with van der Waals surface area (Å²) in [4.78, 5) is 16.9. The highest BCUT2D eigenvalue weighted by Crippen LogP contribution is 2.28. The van der Waals surface area contributed by atoms with Crippen LogP contribution in [0.4, 0.5) is 19.0 Å². The number of aromatic nitrogens is 1.